The molecule has 2 aromatic rings. The number of ether oxygens (including phenoxy) is 1. The van der Waals surface area contributed by atoms with Crippen LogP contribution in [0.1, 0.15) is 54.8 Å². The molecule has 2 aliphatic rings. The summed E-state index contributed by atoms with van der Waals surface area (Å²) in [5.74, 6) is 2.07. The highest BCUT2D eigenvalue weighted by molar-refractivity contribution is 5.61. The molecule has 25 heavy (non-hydrogen) atoms. The van der Waals surface area contributed by atoms with Gasteiger partial charge in [0.25, 0.3) is 0 Å². The molecule has 0 radical (unpaired) electrons. The average molecular weight is 333 g/mol. The highest BCUT2D eigenvalue weighted by Crippen LogP contribution is 2.50. The van der Waals surface area contributed by atoms with Crippen molar-refractivity contribution in [3.05, 3.63) is 71.3 Å². The van der Waals surface area contributed by atoms with Crippen LogP contribution < -0.4 is 10.1 Å². The van der Waals surface area contributed by atoms with Crippen LogP contribution in [0.25, 0.3) is 0 Å². The van der Waals surface area contributed by atoms with Gasteiger partial charge in [-0.1, -0.05) is 55.3 Å². The van der Waals surface area contributed by atoms with Gasteiger partial charge in [0.05, 0.1) is 12.6 Å². The molecule has 3 unspecified atom stereocenters. The summed E-state index contributed by atoms with van der Waals surface area (Å²) in [5.41, 5.74) is 5.34. The van der Waals surface area contributed by atoms with Gasteiger partial charge in [-0.05, 0) is 55.0 Å². The van der Waals surface area contributed by atoms with Gasteiger partial charge in [-0.2, -0.15) is 0 Å². The molecule has 130 valence electrons. The summed E-state index contributed by atoms with van der Waals surface area (Å²) in [6.45, 7) is 5.14. The summed E-state index contributed by atoms with van der Waals surface area (Å²) in [5, 5.41) is 3.80. The monoisotopic (exact) mass is 333 g/mol. The smallest absolute Gasteiger partial charge is 0.119 e. The van der Waals surface area contributed by atoms with Gasteiger partial charge >= 0.3 is 0 Å². The predicted molar refractivity (Wildman–Crippen MR) is 104 cm³/mol. The lowest BCUT2D eigenvalue weighted by molar-refractivity contribution is 0.308. The van der Waals surface area contributed by atoms with Crippen molar-refractivity contribution in [1.29, 1.82) is 0 Å². The van der Waals surface area contributed by atoms with Crippen molar-refractivity contribution in [1.82, 2.24) is 0 Å². The van der Waals surface area contributed by atoms with Crippen molar-refractivity contribution in [2.24, 2.45) is 5.92 Å². The largest absolute Gasteiger partial charge is 0.494 e. The topological polar surface area (TPSA) is 21.3 Å². The summed E-state index contributed by atoms with van der Waals surface area (Å²) < 4.78 is 5.93. The van der Waals surface area contributed by atoms with E-state index < -0.39 is 0 Å². The first-order valence-corrected chi connectivity index (χ1v) is 9.53. The first-order chi connectivity index (χ1) is 12.3. The highest BCUT2D eigenvalue weighted by atomic mass is 16.5. The summed E-state index contributed by atoms with van der Waals surface area (Å²) >= 11 is 0. The molecular formula is C23H27NO. The normalized spacial score (nSPS) is 23.7. The van der Waals surface area contributed by atoms with Crippen LogP contribution in [-0.4, -0.2) is 6.61 Å². The Balaban J connectivity index is 1.63. The Morgan fingerprint density at radius 2 is 1.96 bits per heavy atom. The second-order valence-electron chi connectivity index (χ2n) is 7.34. The number of rotatable bonds is 5. The van der Waals surface area contributed by atoms with Crippen LogP contribution in [0.4, 0.5) is 5.69 Å². The minimum absolute atomic E-state index is 0.375. The fourth-order valence-corrected chi connectivity index (χ4v) is 4.10. The summed E-state index contributed by atoms with van der Waals surface area (Å²) in [7, 11) is 0. The fourth-order valence-electron chi connectivity index (χ4n) is 4.10. The first kappa shape index (κ1) is 16.3. The molecule has 0 amide bonds. The third kappa shape index (κ3) is 3.18. The van der Waals surface area contributed by atoms with E-state index in [1.165, 1.54) is 22.4 Å². The standard InChI is InChI=1S/C23H27NO/c1-3-4-14-25-18-12-13-22-21(15-18)19-6-5-7-20(19)23(24-22)17-10-8-16(2)9-11-17/h5-6,8-13,15,19-20,23-24H,3-4,7,14H2,1-2H3. The number of hydrogen-bond donors (Lipinski definition) is 1. The minimum Gasteiger partial charge on any atom is -0.494 e. The van der Waals surface area contributed by atoms with E-state index in [-0.39, 0.29) is 0 Å². The highest BCUT2D eigenvalue weighted by Gasteiger charge is 2.37. The van der Waals surface area contributed by atoms with Gasteiger partial charge in [-0.15, -0.1) is 0 Å². The van der Waals surface area contributed by atoms with Gasteiger partial charge in [0, 0.05) is 11.6 Å². The van der Waals surface area contributed by atoms with E-state index in [4.69, 9.17) is 4.74 Å². The lowest BCUT2D eigenvalue weighted by atomic mass is 9.77. The lowest BCUT2D eigenvalue weighted by Crippen LogP contribution is -2.29. The molecule has 4 rings (SSSR count). The zero-order chi connectivity index (χ0) is 17.2. The summed E-state index contributed by atoms with van der Waals surface area (Å²) in [4.78, 5) is 0. The maximum Gasteiger partial charge on any atom is 0.119 e. The molecule has 0 aromatic heterocycles. The summed E-state index contributed by atoms with van der Waals surface area (Å²) in [6, 6.07) is 15.9. The molecule has 2 aromatic carbocycles. The Morgan fingerprint density at radius 3 is 2.76 bits per heavy atom. The third-order valence-corrected chi connectivity index (χ3v) is 5.54. The number of benzene rings is 2. The molecule has 2 nitrogen and oxygen atoms in total. The maximum atomic E-state index is 5.93. The second kappa shape index (κ2) is 6.95. The number of nitrogens with one attached hydrogen (secondary N) is 1. The lowest BCUT2D eigenvalue weighted by Gasteiger charge is -2.37. The van der Waals surface area contributed by atoms with Gasteiger partial charge in [0.1, 0.15) is 5.75 Å². The number of allylic oxidation sites excluding steroid dienone is 2. The van der Waals surface area contributed by atoms with Gasteiger partial charge in [0.2, 0.25) is 0 Å². The number of aryl methyl sites for hydroxylation is 1. The van der Waals surface area contributed by atoms with E-state index in [9.17, 15) is 0 Å². The Bertz CT molecular complexity index is 762. The zero-order valence-corrected chi connectivity index (χ0v) is 15.2. The van der Waals surface area contributed by atoms with E-state index in [2.05, 4.69) is 73.8 Å². The van der Waals surface area contributed by atoms with E-state index >= 15 is 0 Å². The Kier molecular flexibility index (Phi) is 4.52. The van der Waals surface area contributed by atoms with Gasteiger partial charge in [-0.3, -0.25) is 0 Å². The van der Waals surface area contributed by atoms with E-state index in [0.717, 1.165) is 31.6 Å². The predicted octanol–water partition coefficient (Wildman–Crippen LogP) is 6.00. The van der Waals surface area contributed by atoms with Crippen molar-refractivity contribution in [2.45, 2.75) is 45.1 Å². The van der Waals surface area contributed by atoms with Crippen molar-refractivity contribution in [3.8, 4) is 5.75 Å². The fraction of sp³-hybridized carbons (Fsp3) is 0.391. The molecule has 0 fully saturated rings. The molecule has 1 N–H and O–H groups in total. The van der Waals surface area contributed by atoms with Crippen molar-refractivity contribution < 1.29 is 4.74 Å². The van der Waals surface area contributed by atoms with Gasteiger partial charge < -0.3 is 10.1 Å². The Labute approximate surface area is 150 Å². The number of anilines is 1. The molecule has 2 heteroatoms. The van der Waals surface area contributed by atoms with Crippen molar-refractivity contribution >= 4 is 5.69 Å². The first-order valence-electron chi connectivity index (χ1n) is 9.53. The van der Waals surface area contributed by atoms with Crippen LogP contribution >= 0.6 is 0 Å². The third-order valence-electron chi connectivity index (χ3n) is 5.54. The molecular weight excluding hydrogens is 306 g/mol. The van der Waals surface area contributed by atoms with Crippen LogP contribution in [0.3, 0.4) is 0 Å². The van der Waals surface area contributed by atoms with Gasteiger partial charge in [0.15, 0.2) is 0 Å². The minimum atomic E-state index is 0.375. The van der Waals surface area contributed by atoms with E-state index in [1.807, 2.05) is 0 Å². The SMILES string of the molecule is CCCCOc1ccc2c(c1)C1C=CCC1C(c1ccc(C)cc1)N2. The van der Waals surface area contributed by atoms with E-state index in [0.29, 0.717) is 17.9 Å². The van der Waals surface area contributed by atoms with E-state index in [1.54, 1.807) is 0 Å². The van der Waals surface area contributed by atoms with Crippen molar-refractivity contribution in [2.75, 3.05) is 11.9 Å². The quantitative estimate of drug-likeness (QED) is 0.535. The molecule has 1 aliphatic carbocycles. The number of hydrogen-bond acceptors (Lipinski definition) is 2. The summed E-state index contributed by atoms with van der Waals surface area (Å²) in [6.07, 6.45) is 8.14. The molecule has 0 spiro atoms. The molecule has 1 aliphatic heterocycles. The maximum absolute atomic E-state index is 5.93. The zero-order valence-electron chi connectivity index (χ0n) is 15.2. The number of fused-ring (bicyclic) bond motifs is 3. The Hall–Kier alpha value is -2.22. The molecule has 1 heterocycles. The van der Waals surface area contributed by atoms with Crippen LogP contribution in [0.2, 0.25) is 0 Å². The van der Waals surface area contributed by atoms with Crippen molar-refractivity contribution in [3.63, 3.8) is 0 Å². The van der Waals surface area contributed by atoms with Crippen LogP contribution in [0.5, 0.6) is 5.75 Å². The van der Waals surface area contributed by atoms with Crippen LogP contribution in [0.15, 0.2) is 54.6 Å². The van der Waals surface area contributed by atoms with Crippen LogP contribution in [-0.2, 0) is 0 Å². The molecule has 0 saturated carbocycles. The van der Waals surface area contributed by atoms with Gasteiger partial charge in [-0.25, -0.2) is 0 Å². The number of unbranched alkanes of at least 4 members (excludes halogenated alkanes) is 1. The Morgan fingerprint density at radius 1 is 1.12 bits per heavy atom. The molecule has 0 saturated heterocycles. The average Bonchev–Trinajstić information content (AvgIpc) is 3.12. The second-order valence-corrected chi connectivity index (χ2v) is 7.34. The molecule has 0 bridgehead atoms. The van der Waals surface area contributed by atoms with Crippen LogP contribution in [0, 0.1) is 12.8 Å². The molecule has 3 atom stereocenters.